The van der Waals surface area contributed by atoms with Crippen LogP contribution in [0.2, 0.25) is 0 Å². The second kappa shape index (κ2) is 5.92. The summed E-state index contributed by atoms with van der Waals surface area (Å²) >= 11 is 1.36. The van der Waals surface area contributed by atoms with Crippen LogP contribution in [0.1, 0.15) is 36.4 Å². The van der Waals surface area contributed by atoms with Gasteiger partial charge in [0, 0.05) is 24.1 Å². The van der Waals surface area contributed by atoms with Crippen molar-refractivity contribution in [3.8, 4) is 0 Å². The van der Waals surface area contributed by atoms with Crippen molar-refractivity contribution in [1.82, 2.24) is 10.3 Å². The monoisotopic (exact) mass is 290 g/mol. The number of carbonyl (C=O) groups is 1. The van der Waals surface area contributed by atoms with Crippen molar-refractivity contribution in [2.24, 2.45) is 5.92 Å². The zero-order valence-electron chi connectivity index (χ0n) is 10.4. The molecule has 4 nitrogen and oxygen atoms in total. The van der Waals surface area contributed by atoms with Gasteiger partial charge in [-0.25, -0.2) is 13.8 Å². The number of nitrogens with zero attached hydrogens (tertiary/aromatic N) is 1. The Hall–Kier alpha value is -1.08. The van der Waals surface area contributed by atoms with E-state index in [1.54, 1.807) is 5.38 Å². The molecule has 0 aliphatic heterocycles. The van der Waals surface area contributed by atoms with Gasteiger partial charge in [-0.15, -0.1) is 11.3 Å². The van der Waals surface area contributed by atoms with Gasteiger partial charge in [-0.1, -0.05) is 0 Å². The van der Waals surface area contributed by atoms with E-state index in [2.05, 4.69) is 10.3 Å². The van der Waals surface area contributed by atoms with Crippen LogP contribution in [-0.2, 0) is 17.9 Å². The van der Waals surface area contributed by atoms with Gasteiger partial charge in [-0.2, -0.15) is 0 Å². The lowest BCUT2D eigenvalue weighted by Gasteiger charge is -2.27. The van der Waals surface area contributed by atoms with E-state index in [1.165, 1.54) is 11.3 Å². The van der Waals surface area contributed by atoms with E-state index < -0.39 is 5.92 Å². The Morgan fingerprint density at radius 1 is 1.53 bits per heavy atom. The van der Waals surface area contributed by atoms with E-state index in [0.29, 0.717) is 10.7 Å². The first kappa shape index (κ1) is 14.3. The molecule has 0 radical (unpaired) electrons. The molecule has 1 aliphatic carbocycles. The third-order valence-electron chi connectivity index (χ3n) is 3.26. The summed E-state index contributed by atoms with van der Waals surface area (Å²) in [6, 6.07) is 0. The van der Waals surface area contributed by atoms with Crippen LogP contribution in [0.15, 0.2) is 5.38 Å². The summed E-state index contributed by atoms with van der Waals surface area (Å²) in [4.78, 5) is 15.9. The summed E-state index contributed by atoms with van der Waals surface area (Å²) in [6.45, 7) is 0.165. The van der Waals surface area contributed by atoms with Gasteiger partial charge in [0.05, 0.1) is 18.8 Å². The lowest BCUT2D eigenvalue weighted by atomic mass is 9.86. The lowest BCUT2D eigenvalue weighted by molar-refractivity contribution is -0.129. The van der Waals surface area contributed by atoms with Gasteiger partial charge in [-0.05, 0) is 12.8 Å². The maximum Gasteiger partial charge on any atom is 0.248 e. The van der Waals surface area contributed by atoms with Gasteiger partial charge >= 0.3 is 0 Å². The van der Waals surface area contributed by atoms with Crippen molar-refractivity contribution in [3.05, 3.63) is 16.1 Å². The highest BCUT2D eigenvalue weighted by Crippen LogP contribution is 2.36. The molecule has 0 atom stereocenters. The number of aromatic nitrogens is 1. The summed E-state index contributed by atoms with van der Waals surface area (Å²) in [5.74, 6) is -3.12. The Bertz CT molecular complexity index is 441. The molecule has 1 aromatic rings. The number of amides is 1. The molecule has 2 N–H and O–H groups in total. The molecule has 0 spiro atoms. The van der Waals surface area contributed by atoms with Crippen LogP contribution >= 0.6 is 11.3 Å². The molecule has 1 aliphatic rings. The number of aliphatic hydroxyl groups is 1. The zero-order chi connectivity index (χ0) is 13.9. The molecular weight excluding hydrogens is 274 g/mol. The zero-order valence-corrected chi connectivity index (χ0v) is 11.2. The minimum Gasteiger partial charge on any atom is -0.390 e. The Labute approximate surface area is 113 Å². The van der Waals surface area contributed by atoms with Gasteiger partial charge in [-0.3, -0.25) is 4.79 Å². The standard InChI is InChI=1S/C12H16F2N2O2S/c13-12(14)3-1-8(2-4-12)11(18)15-5-10-16-9(6-17)7-19-10/h7-8,17H,1-6H2,(H,15,18). The van der Waals surface area contributed by atoms with Gasteiger partial charge in [0.2, 0.25) is 11.8 Å². The SMILES string of the molecule is O=C(NCc1nc(CO)cs1)C1CCC(F)(F)CC1. The molecule has 1 amide bonds. The van der Waals surface area contributed by atoms with E-state index in [-0.39, 0.29) is 50.7 Å². The third kappa shape index (κ3) is 3.94. The highest BCUT2D eigenvalue weighted by atomic mass is 32.1. The van der Waals surface area contributed by atoms with Crippen LogP contribution in [0.25, 0.3) is 0 Å². The summed E-state index contributed by atoms with van der Waals surface area (Å²) in [7, 11) is 0. The van der Waals surface area contributed by atoms with Crippen molar-refractivity contribution < 1.29 is 18.7 Å². The molecule has 106 valence electrons. The van der Waals surface area contributed by atoms with Crippen molar-refractivity contribution >= 4 is 17.2 Å². The van der Waals surface area contributed by atoms with E-state index in [9.17, 15) is 13.6 Å². The number of hydrogen-bond donors (Lipinski definition) is 2. The lowest BCUT2D eigenvalue weighted by Crippen LogP contribution is -2.35. The van der Waals surface area contributed by atoms with E-state index in [1.807, 2.05) is 0 Å². The number of halogens is 2. The fourth-order valence-electron chi connectivity index (χ4n) is 2.11. The number of nitrogens with one attached hydrogen (secondary N) is 1. The highest BCUT2D eigenvalue weighted by molar-refractivity contribution is 7.09. The van der Waals surface area contributed by atoms with Crippen LogP contribution in [0.4, 0.5) is 8.78 Å². The molecule has 0 aromatic carbocycles. The second-order valence-corrected chi connectivity index (χ2v) is 5.68. The van der Waals surface area contributed by atoms with Gasteiger partial charge in [0.15, 0.2) is 0 Å². The molecule has 1 heterocycles. The van der Waals surface area contributed by atoms with Crippen LogP contribution in [0.3, 0.4) is 0 Å². The average Bonchev–Trinajstić information content (AvgIpc) is 2.84. The molecule has 0 saturated heterocycles. The van der Waals surface area contributed by atoms with Crippen molar-refractivity contribution in [3.63, 3.8) is 0 Å². The van der Waals surface area contributed by atoms with Crippen molar-refractivity contribution in [1.29, 1.82) is 0 Å². The maximum absolute atomic E-state index is 13.0. The van der Waals surface area contributed by atoms with Crippen molar-refractivity contribution in [2.45, 2.75) is 44.8 Å². The smallest absolute Gasteiger partial charge is 0.248 e. The first-order valence-electron chi connectivity index (χ1n) is 6.20. The predicted molar refractivity (Wildman–Crippen MR) is 66.8 cm³/mol. The fourth-order valence-corrected chi connectivity index (χ4v) is 2.84. The third-order valence-corrected chi connectivity index (χ3v) is 4.16. The second-order valence-electron chi connectivity index (χ2n) is 4.74. The van der Waals surface area contributed by atoms with Crippen LogP contribution in [0.5, 0.6) is 0 Å². The quantitative estimate of drug-likeness (QED) is 0.892. The van der Waals surface area contributed by atoms with Crippen LogP contribution in [0, 0.1) is 5.92 Å². The minimum atomic E-state index is -2.61. The van der Waals surface area contributed by atoms with Gasteiger partial charge < -0.3 is 10.4 Å². The number of thiazole rings is 1. The van der Waals surface area contributed by atoms with E-state index in [4.69, 9.17) is 5.11 Å². The number of aliphatic hydroxyl groups excluding tert-OH is 1. The van der Waals surface area contributed by atoms with Gasteiger partial charge in [0.25, 0.3) is 0 Å². The fraction of sp³-hybridized carbons (Fsp3) is 0.667. The Balaban J connectivity index is 1.78. The number of rotatable bonds is 4. The molecule has 0 unspecified atom stereocenters. The topological polar surface area (TPSA) is 62.2 Å². The van der Waals surface area contributed by atoms with E-state index in [0.717, 1.165) is 0 Å². The molecular formula is C12H16F2N2O2S. The van der Waals surface area contributed by atoms with E-state index >= 15 is 0 Å². The number of hydrogen-bond acceptors (Lipinski definition) is 4. The normalized spacial score (nSPS) is 19.3. The molecule has 1 saturated carbocycles. The van der Waals surface area contributed by atoms with Crippen LogP contribution in [-0.4, -0.2) is 21.9 Å². The molecule has 2 rings (SSSR count). The predicted octanol–water partition coefficient (Wildman–Crippen LogP) is 2.08. The largest absolute Gasteiger partial charge is 0.390 e. The molecule has 1 aromatic heterocycles. The summed E-state index contributed by atoms with van der Waals surface area (Å²) in [6.07, 6.45) is 0.0468. The first-order chi connectivity index (χ1) is 9.00. The average molecular weight is 290 g/mol. The number of carbonyl (C=O) groups excluding carboxylic acids is 1. The van der Waals surface area contributed by atoms with Crippen molar-refractivity contribution in [2.75, 3.05) is 0 Å². The molecule has 0 bridgehead atoms. The number of alkyl halides is 2. The first-order valence-corrected chi connectivity index (χ1v) is 7.08. The maximum atomic E-state index is 13.0. The summed E-state index contributed by atoms with van der Waals surface area (Å²) in [5, 5.41) is 14.0. The minimum absolute atomic E-state index is 0.123. The van der Waals surface area contributed by atoms with Gasteiger partial charge in [0.1, 0.15) is 5.01 Å². The van der Waals surface area contributed by atoms with Crippen LogP contribution < -0.4 is 5.32 Å². The highest BCUT2D eigenvalue weighted by Gasteiger charge is 2.37. The molecule has 19 heavy (non-hydrogen) atoms. The Kier molecular flexibility index (Phi) is 4.46. The molecule has 1 fully saturated rings. The summed E-state index contributed by atoms with van der Waals surface area (Å²) in [5.41, 5.74) is 0.576. The molecule has 7 heteroatoms. The summed E-state index contributed by atoms with van der Waals surface area (Å²) < 4.78 is 25.9. The Morgan fingerprint density at radius 3 is 2.79 bits per heavy atom. The Morgan fingerprint density at radius 2 is 2.21 bits per heavy atom.